The summed E-state index contributed by atoms with van der Waals surface area (Å²) in [6.07, 6.45) is 1.05. The normalized spacial score (nSPS) is 10.3. The molecule has 0 fully saturated rings. The summed E-state index contributed by atoms with van der Waals surface area (Å²) in [5, 5.41) is 3.46. The summed E-state index contributed by atoms with van der Waals surface area (Å²) in [6.45, 7) is 0. The summed E-state index contributed by atoms with van der Waals surface area (Å²) >= 11 is 0. The standard InChI is InChI=1S/C4H8N8/c5-1-8-12-4-10-2(6)9-3(7)11-4/h1H,(H2,5,8)(H5,6,7,9,10,11,12). The van der Waals surface area contributed by atoms with E-state index >= 15 is 0 Å². The van der Waals surface area contributed by atoms with Crippen LogP contribution in [-0.2, 0) is 0 Å². The Hall–Kier alpha value is -2.12. The van der Waals surface area contributed by atoms with Gasteiger partial charge in [-0.15, -0.1) is 0 Å². The summed E-state index contributed by atoms with van der Waals surface area (Å²) in [7, 11) is 0. The summed E-state index contributed by atoms with van der Waals surface area (Å²) in [6, 6.07) is 0. The fourth-order valence-corrected chi connectivity index (χ4v) is 0.554. The molecule has 12 heavy (non-hydrogen) atoms. The minimum absolute atomic E-state index is 0.0252. The smallest absolute Gasteiger partial charge is 0.250 e. The molecule has 0 atom stereocenters. The molecule has 0 radical (unpaired) electrons. The molecule has 0 aliphatic heterocycles. The molecule has 8 heteroatoms. The molecule has 0 amide bonds. The van der Waals surface area contributed by atoms with Gasteiger partial charge in [0.05, 0.1) is 0 Å². The van der Waals surface area contributed by atoms with Gasteiger partial charge in [0.15, 0.2) is 0 Å². The van der Waals surface area contributed by atoms with E-state index in [4.69, 9.17) is 17.2 Å². The third-order valence-corrected chi connectivity index (χ3v) is 0.909. The highest BCUT2D eigenvalue weighted by molar-refractivity contribution is 5.53. The van der Waals surface area contributed by atoms with E-state index < -0.39 is 0 Å². The van der Waals surface area contributed by atoms with Gasteiger partial charge >= 0.3 is 0 Å². The summed E-state index contributed by atoms with van der Waals surface area (Å²) in [5.41, 5.74) is 17.9. The Morgan fingerprint density at radius 3 is 2.25 bits per heavy atom. The van der Waals surface area contributed by atoms with Crippen LogP contribution < -0.4 is 22.6 Å². The quantitative estimate of drug-likeness (QED) is 0.235. The summed E-state index contributed by atoms with van der Waals surface area (Å²) < 4.78 is 0. The maximum absolute atomic E-state index is 5.27. The van der Waals surface area contributed by atoms with E-state index in [0.717, 1.165) is 6.34 Å². The predicted molar refractivity (Wildman–Crippen MR) is 45.0 cm³/mol. The summed E-state index contributed by atoms with van der Waals surface area (Å²) in [5.74, 6) is 0.205. The number of hydrogen-bond acceptors (Lipinski definition) is 7. The second-order valence-electron chi connectivity index (χ2n) is 1.77. The lowest BCUT2D eigenvalue weighted by molar-refractivity contribution is 1.06. The molecule has 0 unspecified atom stereocenters. The number of hydrazone groups is 1. The molecule has 64 valence electrons. The van der Waals surface area contributed by atoms with E-state index in [1.54, 1.807) is 0 Å². The fourth-order valence-electron chi connectivity index (χ4n) is 0.554. The van der Waals surface area contributed by atoms with Crippen molar-refractivity contribution in [2.24, 2.45) is 10.8 Å². The van der Waals surface area contributed by atoms with Crippen molar-refractivity contribution in [2.75, 3.05) is 16.9 Å². The molecule has 0 aliphatic carbocycles. The molecule has 1 aromatic rings. The molecule has 8 nitrogen and oxygen atoms in total. The van der Waals surface area contributed by atoms with Gasteiger partial charge in [-0.1, -0.05) is 0 Å². The Labute approximate surface area is 67.9 Å². The molecule has 1 heterocycles. The van der Waals surface area contributed by atoms with Crippen molar-refractivity contribution >= 4 is 24.2 Å². The highest BCUT2D eigenvalue weighted by Gasteiger charge is 1.98. The molecule has 0 aliphatic rings. The van der Waals surface area contributed by atoms with Crippen molar-refractivity contribution in [3.8, 4) is 0 Å². The molecule has 1 aromatic heterocycles. The van der Waals surface area contributed by atoms with Crippen molar-refractivity contribution in [1.82, 2.24) is 15.0 Å². The van der Waals surface area contributed by atoms with Gasteiger partial charge in [-0.25, -0.2) is 5.43 Å². The number of aromatic nitrogens is 3. The third-order valence-electron chi connectivity index (χ3n) is 0.909. The van der Waals surface area contributed by atoms with Crippen LogP contribution in [0, 0.1) is 0 Å². The van der Waals surface area contributed by atoms with Crippen LogP contribution >= 0.6 is 0 Å². The van der Waals surface area contributed by atoms with E-state index in [9.17, 15) is 0 Å². The van der Waals surface area contributed by atoms with Crippen LogP contribution in [0.15, 0.2) is 5.10 Å². The Morgan fingerprint density at radius 2 is 1.75 bits per heavy atom. The van der Waals surface area contributed by atoms with Gasteiger partial charge in [0.1, 0.15) is 6.34 Å². The highest BCUT2D eigenvalue weighted by atomic mass is 15.4. The van der Waals surface area contributed by atoms with Gasteiger partial charge in [-0.2, -0.15) is 20.1 Å². The molecule has 0 spiro atoms. The number of nitrogens with one attached hydrogen (secondary N) is 1. The lowest BCUT2D eigenvalue weighted by Gasteiger charge is -1.98. The van der Waals surface area contributed by atoms with Gasteiger partial charge in [-0.3, -0.25) is 0 Å². The van der Waals surface area contributed by atoms with Gasteiger partial charge in [0.25, 0.3) is 0 Å². The third kappa shape index (κ3) is 1.94. The number of nitrogens with two attached hydrogens (primary N) is 3. The van der Waals surface area contributed by atoms with Gasteiger partial charge < -0.3 is 17.2 Å². The van der Waals surface area contributed by atoms with Crippen LogP contribution in [0.5, 0.6) is 0 Å². The number of anilines is 3. The predicted octanol–water partition coefficient (Wildman–Crippen LogP) is -1.65. The zero-order valence-electron chi connectivity index (χ0n) is 6.10. The van der Waals surface area contributed by atoms with Gasteiger partial charge in [0.2, 0.25) is 17.8 Å². The van der Waals surface area contributed by atoms with Crippen molar-refractivity contribution in [3.63, 3.8) is 0 Å². The minimum Gasteiger partial charge on any atom is -0.388 e. The van der Waals surface area contributed by atoms with E-state index in [2.05, 4.69) is 25.5 Å². The number of hydrogen-bond donors (Lipinski definition) is 4. The molecule has 0 aromatic carbocycles. The molecular formula is C4H8N8. The van der Waals surface area contributed by atoms with Crippen LogP contribution in [0.4, 0.5) is 17.8 Å². The van der Waals surface area contributed by atoms with Crippen molar-refractivity contribution in [2.45, 2.75) is 0 Å². The van der Waals surface area contributed by atoms with E-state index in [1.165, 1.54) is 0 Å². The van der Waals surface area contributed by atoms with Crippen molar-refractivity contribution in [3.05, 3.63) is 0 Å². The fraction of sp³-hybridized carbons (Fsp3) is 0. The second-order valence-corrected chi connectivity index (χ2v) is 1.77. The number of rotatable bonds is 2. The molecular weight excluding hydrogens is 160 g/mol. The molecule has 0 saturated heterocycles. The first-order valence-electron chi connectivity index (χ1n) is 2.98. The molecule has 0 saturated carbocycles. The average molecular weight is 168 g/mol. The minimum atomic E-state index is 0.0252. The Balaban J connectivity index is 2.85. The molecule has 1 rings (SSSR count). The van der Waals surface area contributed by atoms with Crippen LogP contribution in [0.2, 0.25) is 0 Å². The second kappa shape index (κ2) is 3.32. The lowest BCUT2D eigenvalue weighted by Crippen LogP contribution is -2.06. The first kappa shape index (κ1) is 7.98. The largest absolute Gasteiger partial charge is 0.388 e. The Kier molecular flexibility index (Phi) is 2.21. The van der Waals surface area contributed by atoms with E-state index in [0.29, 0.717) is 0 Å². The maximum Gasteiger partial charge on any atom is 0.250 e. The Morgan fingerprint density at radius 1 is 1.17 bits per heavy atom. The van der Waals surface area contributed by atoms with Crippen LogP contribution in [0.25, 0.3) is 0 Å². The summed E-state index contributed by atoms with van der Waals surface area (Å²) in [4.78, 5) is 10.9. The van der Waals surface area contributed by atoms with E-state index in [1.807, 2.05) is 0 Å². The monoisotopic (exact) mass is 168 g/mol. The van der Waals surface area contributed by atoms with Crippen LogP contribution in [0.3, 0.4) is 0 Å². The van der Waals surface area contributed by atoms with Crippen LogP contribution in [0.1, 0.15) is 0 Å². The number of nitrogens with zero attached hydrogens (tertiary/aromatic N) is 4. The first-order valence-corrected chi connectivity index (χ1v) is 2.98. The van der Waals surface area contributed by atoms with Crippen LogP contribution in [-0.4, -0.2) is 21.3 Å². The highest BCUT2D eigenvalue weighted by Crippen LogP contribution is 2.02. The number of nitrogen functional groups attached to an aromatic ring is 2. The van der Waals surface area contributed by atoms with Crippen molar-refractivity contribution in [1.29, 1.82) is 0 Å². The van der Waals surface area contributed by atoms with E-state index in [-0.39, 0.29) is 17.8 Å². The topological polar surface area (TPSA) is 141 Å². The molecule has 0 bridgehead atoms. The zero-order valence-corrected chi connectivity index (χ0v) is 6.10. The lowest BCUT2D eigenvalue weighted by atomic mass is 10.8. The first-order chi connectivity index (χ1) is 5.72. The van der Waals surface area contributed by atoms with Crippen molar-refractivity contribution < 1.29 is 0 Å². The molecule has 7 N–H and O–H groups in total. The SMILES string of the molecule is N/C=N/Nc1nc(N)nc(N)n1. The van der Waals surface area contributed by atoms with Gasteiger partial charge in [0, 0.05) is 0 Å². The zero-order chi connectivity index (χ0) is 8.97. The van der Waals surface area contributed by atoms with Gasteiger partial charge in [-0.05, 0) is 0 Å². The average Bonchev–Trinajstić information content (AvgIpc) is 1.99. The Bertz CT molecular complexity index is 273. The maximum atomic E-state index is 5.27.